The Kier molecular flexibility index (Phi) is 11.0. The Morgan fingerprint density at radius 3 is 1.63 bits per heavy atom. The summed E-state index contributed by atoms with van der Waals surface area (Å²) in [4.78, 5) is 63.1. The zero-order valence-corrected chi connectivity index (χ0v) is 29.1. The minimum Gasteiger partial charge on any atom is -0.477 e. The number of amides is 3. The molecular formula is C36H32N6O7S2. The molecule has 0 fully saturated rings. The van der Waals surface area contributed by atoms with Gasteiger partial charge in [0.05, 0.1) is 32.1 Å². The first-order valence-corrected chi connectivity index (χ1v) is 17.3. The SMILES string of the molecule is CCN(C(=O)Cn1c(C(=O)O)cc2sccc21)c1cccc(C#N)c1.CCN(C(=O)Cn1c(C(=O)O)cc2sccc21)c1cccc(C(N)=O)c1. The maximum Gasteiger partial charge on any atom is 0.352 e. The Labute approximate surface area is 299 Å². The van der Waals surface area contributed by atoms with E-state index in [9.17, 15) is 34.2 Å². The summed E-state index contributed by atoms with van der Waals surface area (Å²) in [6, 6.07) is 22.1. The molecular weight excluding hydrogens is 693 g/mol. The van der Waals surface area contributed by atoms with Crippen molar-refractivity contribution < 1.29 is 34.2 Å². The zero-order chi connectivity index (χ0) is 36.8. The highest BCUT2D eigenvalue weighted by molar-refractivity contribution is 7.17. The van der Waals surface area contributed by atoms with Crippen molar-refractivity contribution in [1.82, 2.24) is 9.13 Å². The molecule has 0 spiro atoms. The number of aromatic carboxylic acids is 2. The summed E-state index contributed by atoms with van der Waals surface area (Å²) < 4.78 is 4.67. The molecule has 6 rings (SSSR count). The van der Waals surface area contributed by atoms with E-state index >= 15 is 0 Å². The Balaban J connectivity index is 0.000000198. The zero-order valence-electron chi connectivity index (χ0n) is 27.5. The molecule has 4 heterocycles. The van der Waals surface area contributed by atoms with Gasteiger partial charge in [-0.1, -0.05) is 12.1 Å². The van der Waals surface area contributed by atoms with Gasteiger partial charge in [0.1, 0.15) is 24.5 Å². The van der Waals surface area contributed by atoms with E-state index in [-0.39, 0.29) is 36.3 Å². The third-order valence-corrected chi connectivity index (χ3v) is 9.74. The van der Waals surface area contributed by atoms with Crippen LogP contribution in [0.2, 0.25) is 0 Å². The average Bonchev–Trinajstić information content (AvgIpc) is 3.90. The monoisotopic (exact) mass is 724 g/mol. The topological polar surface area (TPSA) is 192 Å². The number of nitrogens with zero attached hydrogens (tertiary/aromatic N) is 5. The summed E-state index contributed by atoms with van der Waals surface area (Å²) in [5.41, 5.74) is 8.85. The van der Waals surface area contributed by atoms with Crippen LogP contribution in [0.3, 0.4) is 0 Å². The summed E-state index contributed by atoms with van der Waals surface area (Å²) in [5.74, 6) is -3.23. The number of carboxylic acids is 2. The van der Waals surface area contributed by atoms with Crippen molar-refractivity contribution in [3.63, 3.8) is 0 Å². The maximum atomic E-state index is 12.9. The molecule has 0 unspecified atom stereocenters. The molecule has 0 aliphatic rings. The van der Waals surface area contributed by atoms with Crippen molar-refractivity contribution >= 4 is 84.1 Å². The van der Waals surface area contributed by atoms with Gasteiger partial charge >= 0.3 is 11.9 Å². The van der Waals surface area contributed by atoms with E-state index in [1.807, 2.05) is 30.7 Å². The Morgan fingerprint density at radius 2 is 1.20 bits per heavy atom. The van der Waals surface area contributed by atoms with E-state index in [1.165, 1.54) is 36.7 Å². The number of likely N-dealkylation sites (N-methyl/N-ethyl adjacent to an activating group) is 2. The number of hydrogen-bond donors (Lipinski definition) is 3. The molecule has 0 atom stereocenters. The highest BCUT2D eigenvalue weighted by Crippen LogP contribution is 2.28. The molecule has 0 saturated carbocycles. The molecule has 6 aromatic rings. The molecule has 0 aliphatic carbocycles. The van der Waals surface area contributed by atoms with Crippen molar-refractivity contribution in [2.45, 2.75) is 26.9 Å². The number of aromatic nitrogens is 2. The predicted octanol–water partition coefficient (Wildman–Crippen LogP) is 5.88. The normalized spacial score (nSPS) is 10.7. The first-order valence-electron chi connectivity index (χ1n) is 15.6. The number of hydrogen-bond acceptors (Lipinski definition) is 8. The van der Waals surface area contributed by atoms with Crippen LogP contribution in [0.5, 0.6) is 0 Å². The summed E-state index contributed by atoms with van der Waals surface area (Å²) >= 11 is 2.86. The molecule has 13 nitrogen and oxygen atoms in total. The quantitative estimate of drug-likeness (QED) is 0.148. The number of primary amides is 1. The minimum atomic E-state index is -1.08. The summed E-state index contributed by atoms with van der Waals surface area (Å²) in [6.07, 6.45) is 0. The van der Waals surface area contributed by atoms with Gasteiger partial charge in [-0.15, -0.1) is 22.7 Å². The first-order chi connectivity index (χ1) is 24.5. The summed E-state index contributed by atoms with van der Waals surface area (Å²) in [7, 11) is 0. The van der Waals surface area contributed by atoms with E-state index in [0.717, 1.165) is 14.9 Å². The molecule has 4 aromatic heterocycles. The van der Waals surface area contributed by atoms with Crippen LogP contribution in [0.25, 0.3) is 20.4 Å². The highest BCUT2D eigenvalue weighted by atomic mass is 32.1. The van der Waals surface area contributed by atoms with Crippen LogP contribution in [-0.4, -0.2) is 62.1 Å². The van der Waals surface area contributed by atoms with E-state index in [4.69, 9.17) is 11.0 Å². The number of thiophene rings is 2. The molecule has 0 aliphatic heterocycles. The van der Waals surface area contributed by atoms with Gasteiger partial charge in [-0.25, -0.2) is 9.59 Å². The smallest absolute Gasteiger partial charge is 0.352 e. The third-order valence-electron chi connectivity index (χ3n) is 8.03. The van der Waals surface area contributed by atoms with Crippen LogP contribution < -0.4 is 15.5 Å². The Morgan fingerprint density at radius 1 is 0.725 bits per heavy atom. The first kappa shape index (κ1) is 36.1. The Bertz CT molecular complexity index is 2330. The fourth-order valence-corrected chi connectivity index (χ4v) is 7.31. The van der Waals surface area contributed by atoms with Crippen molar-refractivity contribution in [2.75, 3.05) is 22.9 Å². The lowest BCUT2D eigenvalue weighted by Crippen LogP contribution is -2.34. The summed E-state index contributed by atoms with van der Waals surface area (Å²) in [6.45, 7) is 4.25. The number of carboxylic acid groups (broad SMARTS) is 2. The van der Waals surface area contributed by atoms with Gasteiger partial charge in [0.15, 0.2) is 0 Å². The number of nitriles is 1. The van der Waals surface area contributed by atoms with Gasteiger partial charge in [0.2, 0.25) is 17.7 Å². The average molecular weight is 725 g/mol. The molecule has 15 heteroatoms. The van der Waals surface area contributed by atoms with Gasteiger partial charge in [0.25, 0.3) is 0 Å². The van der Waals surface area contributed by atoms with Crippen LogP contribution in [0.15, 0.2) is 83.6 Å². The van der Waals surface area contributed by atoms with E-state index in [0.29, 0.717) is 41.1 Å². The minimum absolute atomic E-state index is 0.0714. The van der Waals surface area contributed by atoms with Crippen molar-refractivity contribution in [3.05, 3.63) is 106 Å². The van der Waals surface area contributed by atoms with Crippen molar-refractivity contribution in [2.24, 2.45) is 5.73 Å². The van der Waals surface area contributed by atoms with Crippen LogP contribution in [0.4, 0.5) is 11.4 Å². The lowest BCUT2D eigenvalue weighted by Gasteiger charge is -2.22. The van der Waals surface area contributed by atoms with Crippen LogP contribution >= 0.6 is 22.7 Å². The number of anilines is 2. The van der Waals surface area contributed by atoms with E-state index < -0.39 is 17.8 Å². The maximum absolute atomic E-state index is 12.9. The van der Waals surface area contributed by atoms with Gasteiger partial charge in [-0.3, -0.25) is 14.4 Å². The number of benzene rings is 2. The molecule has 0 bridgehead atoms. The molecule has 0 saturated heterocycles. The second-order valence-electron chi connectivity index (χ2n) is 11.0. The second kappa shape index (κ2) is 15.5. The van der Waals surface area contributed by atoms with Crippen molar-refractivity contribution in [1.29, 1.82) is 5.26 Å². The third kappa shape index (κ3) is 7.67. The largest absolute Gasteiger partial charge is 0.477 e. The number of fused-ring (bicyclic) bond motifs is 2. The van der Waals surface area contributed by atoms with Crippen LogP contribution in [-0.2, 0) is 22.7 Å². The molecule has 51 heavy (non-hydrogen) atoms. The second-order valence-corrected chi connectivity index (χ2v) is 12.9. The van der Waals surface area contributed by atoms with Crippen molar-refractivity contribution in [3.8, 4) is 6.07 Å². The Hall–Kier alpha value is -6.24. The molecule has 3 amide bonds. The predicted molar refractivity (Wildman–Crippen MR) is 196 cm³/mol. The number of nitrogens with two attached hydrogens (primary N) is 1. The number of rotatable bonds is 11. The van der Waals surface area contributed by atoms with E-state index in [2.05, 4.69) is 6.07 Å². The van der Waals surface area contributed by atoms with Gasteiger partial charge in [0, 0.05) is 30.0 Å². The fourth-order valence-electron chi connectivity index (χ4n) is 5.67. The summed E-state index contributed by atoms with van der Waals surface area (Å²) in [5, 5.41) is 31.6. The lowest BCUT2D eigenvalue weighted by molar-refractivity contribution is -0.119. The molecule has 4 N–H and O–H groups in total. The molecule has 2 aromatic carbocycles. The van der Waals surface area contributed by atoms with Gasteiger partial charge < -0.3 is 34.9 Å². The number of carbonyl (C=O) groups is 5. The van der Waals surface area contributed by atoms with Crippen LogP contribution in [0, 0.1) is 11.3 Å². The highest BCUT2D eigenvalue weighted by Gasteiger charge is 2.23. The molecule has 0 radical (unpaired) electrons. The lowest BCUT2D eigenvalue weighted by atomic mass is 10.1. The number of carbonyl (C=O) groups excluding carboxylic acids is 3. The van der Waals surface area contributed by atoms with Gasteiger partial charge in [-0.2, -0.15) is 5.26 Å². The fraction of sp³-hybridized carbons (Fsp3) is 0.167. The standard InChI is InChI=1S/C18H17N3O4S.C18H15N3O3S/c1-2-20(12-5-3-4-11(8-12)17(19)23)16(22)10-21-13-6-7-26-15(13)9-14(21)18(24)25;1-2-20(13-5-3-4-12(8-13)10-19)17(22)11-21-14-6-7-25-16(14)9-15(21)18(23)24/h3-9H,2,10H2,1H3,(H2,19,23)(H,24,25);3-9H,2,11H2,1H3,(H,23,24). The van der Waals surface area contributed by atoms with Crippen LogP contribution in [0.1, 0.15) is 50.7 Å². The molecule has 260 valence electrons. The van der Waals surface area contributed by atoms with E-state index in [1.54, 1.807) is 71.6 Å². The van der Waals surface area contributed by atoms with Gasteiger partial charge in [-0.05, 0) is 85.3 Å².